The maximum absolute atomic E-state index is 4.80. The van der Waals surface area contributed by atoms with Crippen LogP contribution in [0.15, 0.2) is 60.9 Å². The van der Waals surface area contributed by atoms with Crippen molar-refractivity contribution >= 4 is 44.1 Å². The Bertz CT molecular complexity index is 1400. The van der Waals surface area contributed by atoms with Crippen LogP contribution >= 0.6 is 11.3 Å². The van der Waals surface area contributed by atoms with Gasteiger partial charge in [-0.2, -0.15) is 0 Å². The van der Waals surface area contributed by atoms with Gasteiger partial charge in [-0.3, -0.25) is 9.38 Å². The van der Waals surface area contributed by atoms with E-state index in [1.165, 1.54) is 0 Å². The first-order valence-electron chi connectivity index (χ1n) is 7.90. The van der Waals surface area contributed by atoms with Crippen LogP contribution in [0.5, 0.6) is 0 Å². The Hall–Kier alpha value is -1.50. The molecule has 0 amide bonds. The Labute approximate surface area is 204 Å². The first-order chi connectivity index (χ1) is 12.4. The summed E-state index contributed by atoms with van der Waals surface area (Å²) >= 11 is 1.64. The van der Waals surface area contributed by atoms with Crippen LogP contribution in [-0.4, -0.2) is 23.8 Å². The van der Waals surface area contributed by atoms with E-state index in [2.05, 4.69) is 38.1 Å². The number of hydrogen-bond acceptors (Lipinski definition) is 4. The average Bonchev–Trinajstić information content (AvgIpc) is 3.36. The van der Waals surface area contributed by atoms with Gasteiger partial charge in [0, 0.05) is 70.8 Å². The molecule has 0 bridgehead atoms. The van der Waals surface area contributed by atoms with Crippen molar-refractivity contribution in [2.75, 3.05) is 0 Å². The van der Waals surface area contributed by atoms with E-state index in [1.54, 1.807) is 11.3 Å². The number of nitrogens with zero attached hydrogens (tertiary/aromatic N) is 5. The van der Waals surface area contributed by atoms with Crippen molar-refractivity contribution in [1.29, 1.82) is 0 Å². The molecule has 0 unspecified atom stereocenters. The van der Waals surface area contributed by atoms with Gasteiger partial charge in [-0.05, 0) is 5.52 Å². The molecule has 6 aromatic rings. The second-order valence-electron chi connectivity index (χ2n) is 5.81. The van der Waals surface area contributed by atoms with Gasteiger partial charge < -0.3 is 11.8 Å². The van der Waals surface area contributed by atoms with E-state index in [9.17, 15) is 0 Å². The van der Waals surface area contributed by atoms with Gasteiger partial charge in [0.25, 0.3) is 0 Å². The molecule has 0 spiro atoms. The third-order valence-corrected chi connectivity index (χ3v) is 5.46. The molecular weight excluding hydrogens is 623 g/mol. The molecule has 0 aliphatic heterocycles. The summed E-state index contributed by atoms with van der Waals surface area (Å²) in [4.78, 5) is 15.1. The zero-order chi connectivity index (χ0) is 16.4. The molecular formula is C20H13IrN5SY-2. The topological polar surface area (TPSA) is 47.5 Å². The molecule has 0 atom stereocenters. The zero-order valence-corrected chi connectivity index (χ0v) is 20.9. The Balaban J connectivity index is 0.000000750. The molecule has 8 heteroatoms. The van der Waals surface area contributed by atoms with Gasteiger partial charge in [-0.1, -0.05) is 47.1 Å². The van der Waals surface area contributed by atoms with Crippen LogP contribution in [0.2, 0.25) is 0 Å². The van der Waals surface area contributed by atoms with Crippen LogP contribution in [0.3, 0.4) is 0 Å². The van der Waals surface area contributed by atoms with E-state index in [0.29, 0.717) is 0 Å². The summed E-state index contributed by atoms with van der Waals surface area (Å²) in [5.74, 6) is 0.841. The smallest absolute Gasteiger partial charge is 0.203 e. The van der Waals surface area contributed by atoms with E-state index in [4.69, 9.17) is 9.97 Å². The molecule has 138 valence electrons. The minimum absolute atomic E-state index is 0. The number of hydrogen-bond donors (Lipinski definition) is 0. The number of benzene rings is 2. The summed E-state index contributed by atoms with van der Waals surface area (Å²) in [5, 5.41) is 1.94. The predicted octanol–water partition coefficient (Wildman–Crippen LogP) is 4.66. The Morgan fingerprint density at radius 2 is 1.82 bits per heavy atom. The van der Waals surface area contributed by atoms with Crippen molar-refractivity contribution in [2.24, 2.45) is 0 Å². The van der Waals surface area contributed by atoms with E-state index in [-0.39, 0.29) is 60.2 Å². The summed E-state index contributed by atoms with van der Waals surface area (Å²) < 4.78 is 4.15. The number of aromatic nitrogens is 5. The molecule has 4 aromatic heterocycles. The van der Waals surface area contributed by atoms with Gasteiger partial charge in [0.15, 0.2) is 5.65 Å². The van der Waals surface area contributed by atoms with Gasteiger partial charge in [-0.25, -0.2) is 9.97 Å². The molecule has 0 aliphatic rings. The van der Waals surface area contributed by atoms with Crippen molar-refractivity contribution in [1.82, 2.24) is 23.8 Å². The third kappa shape index (κ3) is 2.97. The molecule has 5 nitrogen and oxygen atoms in total. The van der Waals surface area contributed by atoms with Crippen LogP contribution in [0.4, 0.5) is 0 Å². The van der Waals surface area contributed by atoms with Gasteiger partial charge in [-0.15, -0.1) is 24.3 Å². The molecule has 4 heterocycles. The molecule has 28 heavy (non-hydrogen) atoms. The monoisotopic (exact) mass is 637 g/mol. The second kappa shape index (κ2) is 8.09. The molecule has 0 saturated carbocycles. The standard InChI is InChI=1S/C19H10N5S.CH3.Ir.Y/c1-2-6-12(7-3-1)17-22-15-18(25-17)24-16(21-15)13-8-4-5-9-14(13)23-11-10-20-19(23)24;;;/h1-7,9-11H;1H3;;/q2*-1;;. The summed E-state index contributed by atoms with van der Waals surface area (Å²) in [7, 11) is 0. The number of rotatable bonds is 1. The Kier molecular flexibility index (Phi) is 6.13. The van der Waals surface area contributed by atoms with Crippen LogP contribution in [-0.2, 0) is 52.8 Å². The van der Waals surface area contributed by atoms with Gasteiger partial charge in [0.05, 0.1) is 5.65 Å². The maximum atomic E-state index is 4.80. The van der Waals surface area contributed by atoms with Crippen molar-refractivity contribution in [3.05, 3.63) is 74.4 Å². The number of fused-ring (bicyclic) bond motifs is 8. The molecule has 0 fully saturated rings. The van der Waals surface area contributed by atoms with Crippen molar-refractivity contribution in [3.63, 3.8) is 0 Å². The van der Waals surface area contributed by atoms with E-state index < -0.39 is 0 Å². The molecule has 0 saturated heterocycles. The fraction of sp³-hybridized carbons (Fsp3) is 0. The van der Waals surface area contributed by atoms with Crippen molar-refractivity contribution in [2.45, 2.75) is 0 Å². The molecule has 2 aromatic carbocycles. The van der Waals surface area contributed by atoms with E-state index in [0.717, 1.165) is 43.4 Å². The van der Waals surface area contributed by atoms with Crippen LogP contribution < -0.4 is 0 Å². The minimum Gasteiger partial charge on any atom is -0.358 e. The zero-order valence-electron chi connectivity index (χ0n) is 14.8. The Morgan fingerprint density at radius 1 is 1.00 bits per heavy atom. The first kappa shape index (κ1) is 21.2. The first-order valence-corrected chi connectivity index (χ1v) is 8.72. The van der Waals surface area contributed by atoms with E-state index >= 15 is 0 Å². The summed E-state index contributed by atoms with van der Waals surface area (Å²) in [6.07, 6.45) is 3.78. The van der Waals surface area contributed by atoms with Crippen molar-refractivity contribution < 1.29 is 52.8 Å². The molecule has 0 N–H and O–H groups in total. The SMILES string of the molecule is [CH3-].[Ir].[Y].[c-]1cccc2c1c1nc3nc(-c4ccccc4)sc3n1c1nccn21. The average molecular weight is 637 g/mol. The molecule has 2 radical (unpaired) electrons. The second-order valence-corrected chi connectivity index (χ2v) is 6.79. The van der Waals surface area contributed by atoms with Gasteiger partial charge in [0.1, 0.15) is 9.84 Å². The number of thiazole rings is 1. The fourth-order valence-electron chi connectivity index (χ4n) is 3.28. The van der Waals surface area contributed by atoms with Gasteiger partial charge >= 0.3 is 0 Å². The predicted molar refractivity (Wildman–Crippen MR) is 105 cm³/mol. The fourth-order valence-corrected chi connectivity index (χ4v) is 4.29. The minimum atomic E-state index is 0. The largest absolute Gasteiger partial charge is 0.358 e. The number of imidazole rings is 2. The molecule has 0 aliphatic carbocycles. The molecule has 6 rings (SSSR count). The van der Waals surface area contributed by atoms with Gasteiger partial charge in [0.2, 0.25) is 5.78 Å². The van der Waals surface area contributed by atoms with Crippen LogP contribution in [0.1, 0.15) is 0 Å². The van der Waals surface area contributed by atoms with Crippen molar-refractivity contribution in [3.8, 4) is 10.6 Å². The Morgan fingerprint density at radius 3 is 2.64 bits per heavy atom. The quantitative estimate of drug-likeness (QED) is 0.247. The van der Waals surface area contributed by atoms with E-state index in [1.807, 2.05) is 42.7 Å². The summed E-state index contributed by atoms with van der Waals surface area (Å²) in [6.45, 7) is 0. The van der Waals surface area contributed by atoms with Crippen LogP contribution in [0.25, 0.3) is 43.4 Å². The van der Waals surface area contributed by atoms with Crippen LogP contribution in [0, 0.1) is 13.5 Å². The summed E-state index contributed by atoms with van der Waals surface area (Å²) in [6, 6.07) is 19.5. The third-order valence-electron chi connectivity index (χ3n) is 4.38. The summed E-state index contributed by atoms with van der Waals surface area (Å²) in [5.41, 5.74) is 3.75. The maximum Gasteiger partial charge on any atom is 0.203 e. The normalized spacial score (nSPS) is 10.7.